The summed E-state index contributed by atoms with van der Waals surface area (Å²) < 4.78 is 23.6. The Morgan fingerprint density at radius 3 is 2.13 bits per heavy atom. The molecule has 1 N–H and O–H groups in total. The zero-order valence-corrected chi connectivity index (χ0v) is 17.8. The van der Waals surface area contributed by atoms with E-state index in [4.69, 9.17) is 9.47 Å². The molecule has 8 heteroatoms. The van der Waals surface area contributed by atoms with Crippen LogP contribution >= 0.6 is 11.3 Å². The molecule has 0 fully saturated rings. The van der Waals surface area contributed by atoms with Gasteiger partial charge in [0.2, 0.25) is 0 Å². The second-order valence-corrected chi connectivity index (χ2v) is 7.30. The van der Waals surface area contributed by atoms with Crippen LogP contribution in [0.1, 0.15) is 44.2 Å². The van der Waals surface area contributed by atoms with Crippen LogP contribution in [0.2, 0.25) is 0 Å². The first-order chi connectivity index (χ1) is 15.0. The lowest BCUT2D eigenvalue weighted by Gasteiger charge is -2.09. The van der Waals surface area contributed by atoms with Gasteiger partial charge in [0.25, 0.3) is 5.91 Å². The van der Waals surface area contributed by atoms with Crippen molar-refractivity contribution in [2.24, 2.45) is 0 Å². The quantitative estimate of drug-likeness (QED) is 0.512. The van der Waals surface area contributed by atoms with Crippen molar-refractivity contribution in [3.8, 4) is 11.1 Å². The normalized spacial score (nSPS) is 10.4. The molecule has 1 aromatic heterocycles. The number of rotatable bonds is 7. The van der Waals surface area contributed by atoms with Crippen LogP contribution in [-0.4, -0.2) is 31.1 Å². The van der Waals surface area contributed by atoms with Crippen LogP contribution in [0.4, 0.5) is 9.39 Å². The molecule has 0 aliphatic heterocycles. The topological polar surface area (TPSA) is 81.7 Å². The van der Waals surface area contributed by atoms with Crippen molar-refractivity contribution in [2.75, 3.05) is 18.5 Å². The minimum Gasteiger partial charge on any atom is -0.462 e. The number of ether oxygens (including phenoxy) is 2. The monoisotopic (exact) mass is 441 g/mol. The molecular weight excluding hydrogens is 421 g/mol. The van der Waals surface area contributed by atoms with E-state index in [-0.39, 0.29) is 34.2 Å². The summed E-state index contributed by atoms with van der Waals surface area (Å²) in [6.45, 7) is 3.60. The zero-order chi connectivity index (χ0) is 22.4. The Morgan fingerprint density at radius 1 is 0.903 bits per heavy atom. The molecule has 160 valence electrons. The summed E-state index contributed by atoms with van der Waals surface area (Å²) in [5, 5.41) is 2.81. The van der Waals surface area contributed by atoms with Crippen molar-refractivity contribution in [3.63, 3.8) is 0 Å². The smallest absolute Gasteiger partial charge is 0.349 e. The Hall–Kier alpha value is -3.52. The zero-order valence-electron chi connectivity index (χ0n) is 16.9. The van der Waals surface area contributed by atoms with Crippen molar-refractivity contribution in [2.45, 2.75) is 13.8 Å². The third kappa shape index (κ3) is 4.97. The molecule has 0 unspecified atom stereocenters. The SMILES string of the molecule is CCOC(=O)c1sc(NC(=O)c2ccc(F)cc2)c(C(=O)OCC)c1-c1ccccc1. The lowest BCUT2D eigenvalue weighted by molar-refractivity contribution is 0.0528. The molecule has 0 radical (unpaired) electrons. The number of carbonyl (C=O) groups excluding carboxylic acids is 3. The van der Waals surface area contributed by atoms with Crippen LogP contribution in [0.25, 0.3) is 11.1 Å². The van der Waals surface area contributed by atoms with Gasteiger partial charge in [-0.05, 0) is 43.7 Å². The van der Waals surface area contributed by atoms with E-state index in [0.717, 1.165) is 23.5 Å². The maximum Gasteiger partial charge on any atom is 0.349 e. The van der Waals surface area contributed by atoms with Crippen LogP contribution in [0.5, 0.6) is 0 Å². The number of hydrogen-bond acceptors (Lipinski definition) is 6. The van der Waals surface area contributed by atoms with E-state index in [1.54, 1.807) is 44.2 Å². The molecule has 0 aliphatic rings. The number of anilines is 1. The number of amides is 1. The van der Waals surface area contributed by atoms with Crippen LogP contribution < -0.4 is 5.32 Å². The Balaban J connectivity index is 2.15. The number of benzene rings is 2. The third-order valence-electron chi connectivity index (χ3n) is 4.24. The number of halogens is 1. The first-order valence-corrected chi connectivity index (χ1v) is 10.4. The summed E-state index contributed by atoms with van der Waals surface area (Å²) in [6, 6.07) is 13.8. The highest BCUT2D eigenvalue weighted by Crippen LogP contribution is 2.41. The van der Waals surface area contributed by atoms with E-state index in [1.165, 1.54) is 12.1 Å². The van der Waals surface area contributed by atoms with Gasteiger partial charge in [0.15, 0.2) is 0 Å². The number of nitrogens with one attached hydrogen (secondary N) is 1. The summed E-state index contributed by atoms with van der Waals surface area (Å²) in [6.07, 6.45) is 0. The van der Waals surface area contributed by atoms with E-state index >= 15 is 0 Å². The van der Waals surface area contributed by atoms with Gasteiger partial charge in [-0.3, -0.25) is 4.79 Å². The van der Waals surface area contributed by atoms with Gasteiger partial charge in [0, 0.05) is 11.1 Å². The Labute approximate surface area is 182 Å². The minimum atomic E-state index is -0.678. The summed E-state index contributed by atoms with van der Waals surface area (Å²) in [5.41, 5.74) is 1.20. The summed E-state index contributed by atoms with van der Waals surface area (Å²) in [7, 11) is 0. The second-order valence-electron chi connectivity index (χ2n) is 6.28. The van der Waals surface area contributed by atoms with Gasteiger partial charge in [-0.2, -0.15) is 0 Å². The molecular formula is C23H20FNO5S. The molecule has 0 atom stereocenters. The van der Waals surface area contributed by atoms with Gasteiger partial charge in [-0.1, -0.05) is 30.3 Å². The molecule has 1 heterocycles. The summed E-state index contributed by atoms with van der Waals surface area (Å²) in [5.74, 6) is -2.32. The molecule has 0 spiro atoms. The van der Waals surface area contributed by atoms with Crippen molar-refractivity contribution in [1.29, 1.82) is 0 Å². The van der Waals surface area contributed by atoms with Gasteiger partial charge < -0.3 is 14.8 Å². The van der Waals surface area contributed by atoms with E-state index in [2.05, 4.69) is 5.32 Å². The van der Waals surface area contributed by atoms with Crippen LogP contribution in [0.15, 0.2) is 54.6 Å². The van der Waals surface area contributed by atoms with E-state index in [9.17, 15) is 18.8 Å². The highest BCUT2D eigenvalue weighted by atomic mass is 32.1. The van der Waals surface area contributed by atoms with Gasteiger partial charge in [-0.15, -0.1) is 11.3 Å². The van der Waals surface area contributed by atoms with Crippen LogP contribution in [-0.2, 0) is 9.47 Å². The molecule has 31 heavy (non-hydrogen) atoms. The van der Waals surface area contributed by atoms with Gasteiger partial charge in [-0.25, -0.2) is 14.0 Å². The standard InChI is InChI=1S/C23H20FNO5S/c1-3-29-22(27)18-17(14-8-6-5-7-9-14)19(23(28)30-4-2)31-21(18)25-20(26)15-10-12-16(24)13-11-15/h5-13H,3-4H2,1-2H3,(H,25,26). The predicted octanol–water partition coefficient (Wildman–Crippen LogP) is 5.16. The highest BCUT2D eigenvalue weighted by Gasteiger charge is 2.30. The Morgan fingerprint density at radius 2 is 1.52 bits per heavy atom. The number of carbonyl (C=O) groups is 3. The number of thiophene rings is 1. The average Bonchev–Trinajstić information content (AvgIpc) is 3.14. The maximum absolute atomic E-state index is 13.2. The lowest BCUT2D eigenvalue weighted by atomic mass is 10.0. The third-order valence-corrected chi connectivity index (χ3v) is 5.33. The molecule has 3 rings (SSSR count). The summed E-state index contributed by atoms with van der Waals surface area (Å²) in [4.78, 5) is 38.4. The summed E-state index contributed by atoms with van der Waals surface area (Å²) >= 11 is 0.928. The highest BCUT2D eigenvalue weighted by molar-refractivity contribution is 7.19. The van der Waals surface area contributed by atoms with Crippen LogP contribution in [0.3, 0.4) is 0 Å². The number of hydrogen-bond donors (Lipinski definition) is 1. The largest absolute Gasteiger partial charge is 0.462 e. The van der Waals surface area contributed by atoms with Crippen molar-refractivity contribution < 1.29 is 28.2 Å². The molecule has 6 nitrogen and oxygen atoms in total. The second kappa shape index (κ2) is 9.99. The molecule has 0 saturated carbocycles. The van der Waals surface area contributed by atoms with Crippen molar-refractivity contribution >= 4 is 34.2 Å². The minimum absolute atomic E-state index is 0.0663. The lowest BCUT2D eigenvalue weighted by Crippen LogP contribution is -2.15. The first kappa shape index (κ1) is 22.2. The fourth-order valence-corrected chi connectivity index (χ4v) is 4.01. The van der Waals surface area contributed by atoms with E-state index in [0.29, 0.717) is 11.1 Å². The fourth-order valence-electron chi connectivity index (χ4n) is 2.91. The molecule has 1 amide bonds. The van der Waals surface area contributed by atoms with Crippen molar-refractivity contribution in [1.82, 2.24) is 0 Å². The molecule has 0 aliphatic carbocycles. The van der Waals surface area contributed by atoms with Gasteiger partial charge >= 0.3 is 11.9 Å². The van der Waals surface area contributed by atoms with Crippen LogP contribution in [0, 0.1) is 5.82 Å². The molecule has 0 saturated heterocycles. The number of esters is 2. The van der Waals surface area contributed by atoms with E-state index in [1.807, 2.05) is 0 Å². The van der Waals surface area contributed by atoms with Gasteiger partial charge in [0.05, 0.1) is 13.2 Å². The fraction of sp³-hybridized carbons (Fsp3) is 0.174. The maximum atomic E-state index is 13.2. The Kier molecular flexibility index (Phi) is 7.15. The van der Waals surface area contributed by atoms with E-state index < -0.39 is 23.7 Å². The molecule has 2 aromatic carbocycles. The first-order valence-electron chi connectivity index (χ1n) is 9.59. The molecule has 3 aromatic rings. The molecule has 0 bridgehead atoms. The Bertz CT molecular complexity index is 1090. The van der Waals surface area contributed by atoms with Gasteiger partial charge in [0.1, 0.15) is 21.3 Å². The predicted molar refractivity (Wildman–Crippen MR) is 116 cm³/mol. The van der Waals surface area contributed by atoms with Crippen molar-refractivity contribution in [3.05, 3.63) is 76.4 Å². The average molecular weight is 441 g/mol.